The molecule has 5 heteroatoms. The highest BCUT2D eigenvalue weighted by molar-refractivity contribution is 7.19. The van der Waals surface area contributed by atoms with Crippen molar-refractivity contribution in [3.05, 3.63) is 81.7 Å². The first kappa shape index (κ1) is 17.5. The number of rotatable bonds is 5. The lowest BCUT2D eigenvalue weighted by atomic mass is 10.0. The minimum atomic E-state index is -0.0190. The monoisotopic (exact) mass is 376 g/mol. The molecule has 136 valence electrons. The summed E-state index contributed by atoms with van der Waals surface area (Å²) in [5, 5.41) is 0.695. The third-order valence-electron chi connectivity index (χ3n) is 4.53. The molecule has 2 heterocycles. The molecule has 4 rings (SSSR count). The van der Waals surface area contributed by atoms with E-state index in [9.17, 15) is 4.79 Å². The lowest BCUT2D eigenvalue weighted by Crippen LogP contribution is -2.21. The van der Waals surface area contributed by atoms with Gasteiger partial charge < -0.3 is 4.74 Å². The van der Waals surface area contributed by atoms with Gasteiger partial charge in [-0.15, -0.1) is 11.3 Å². The Labute approximate surface area is 161 Å². The smallest absolute Gasteiger partial charge is 0.263 e. The van der Waals surface area contributed by atoms with Crippen molar-refractivity contribution in [1.29, 1.82) is 0 Å². The average Bonchev–Trinajstić information content (AvgIpc) is 3.03. The van der Waals surface area contributed by atoms with Gasteiger partial charge in [0, 0.05) is 16.0 Å². The predicted octanol–water partition coefficient (Wildman–Crippen LogP) is 4.88. The number of aromatic nitrogens is 2. The molecule has 0 aliphatic rings. The summed E-state index contributed by atoms with van der Waals surface area (Å²) in [6.45, 7) is 5.02. The van der Waals surface area contributed by atoms with Gasteiger partial charge in [-0.3, -0.25) is 9.36 Å². The first-order chi connectivity index (χ1) is 13.2. The summed E-state index contributed by atoms with van der Waals surface area (Å²) in [4.78, 5) is 19.7. The van der Waals surface area contributed by atoms with Gasteiger partial charge in [0.05, 0.1) is 24.9 Å². The van der Waals surface area contributed by atoms with E-state index in [1.165, 1.54) is 0 Å². The van der Waals surface area contributed by atoms with E-state index in [0.29, 0.717) is 18.5 Å². The molecule has 0 unspecified atom stereocenters. The van der Waals surface area contributed by atoms with Crippen molar-refractivity contribution in [2.75, 3.05) is 6.61 Å². The molecular weight excluding hydrogens is 356 g/mol. The van der Waals surface area contributed by atoms with E-state index in [1.54, 1.807) is 22.2 Å². The first-order valence-corrected chi connectivity index (χ1v) is 9.75. The number of benzene rings is 2. The molecule has 0 amide bonds. The zero-order valence-corrected chi connectivity index (χ0v) is 16.1. The molecule has 0 saturated heterocycles. The highest BCUT2D eigenvalue weighted by Gasteiger charge is 2.17. The second-order valence-electron chi connectivity index (χ2n) is 6.30. The number of hydrogen-bond acceptors (Lipinski definition) is 4. The summed E-state index contributed by atoms with van der Waals surface area (Å²) in [6, 6.07) is 17.9. The number of thiophene rings is 1. The van der Waals surface area contributed by atoms with Gasteiger partial charge >= 0.3 is 0 Å². The Morgan fingerprint density at radius 1 is 1.07 bits per heavy atom. The van der Waals surface area contributed by atoms with Gasteiger partial charge in [-0.2, -0.15) is 0 Å². The van der Waals surface area contributed by atoms with Crippen molar-refractivity contribution in [2.24, 2.45) is 0 Å². The SMILES string of the molecule is CCOc1ccccc1Cn1cnc2sc(C)c(-c3ccccc3)c2c1=O. The molecule has 0 spiro atoms. The fourth-order valence-corrected chi connectivity index (χ4v) is 4.32. The molecule has 2 aromatic carbocycles. The molecule has 0 aliphatic heterocycles. The molecule has 0 aliphatic carbocycles. The second kappa shape index (κ2) is 7.37. The van der Waals surface area contributed by atoms with Crippen LogP contribution in [0.3, 0.4) is 0 Å². The largest absolute Gasteiger partial charge is 0.494 e. The van der Waals surface area contributed by atoms with Crippen LogP contribution in [-0.4, -0.2) is 16.2 Å². The standard InChI is InChI=1S/C22H20N2O2S/c1-3-26-18-12-8-7-11-17(18)13-24-14-23-21-20(22(24)25)19(15(2)27-21)16-9-5-4-6-10-16/h4-12,14H,3,13H2,1-2H3. The van der Waals surface area contributed by atoms with Gasteiger partial charge in [0.15, 0.2) is 0 Å². The normalized spacial score (nSPS) is 11.0. The molecule has 4 nitrogen and oxygen atoms in total. The van der Waals surface area contributed by atoms with Crippen LogP contribution in [0.15, 0.2) is 65.7 Å². The van der Waals surface area contributed by atoms with Crippen LogP contribution in [-0.2, 0) is 6.54 Å². The Hall–Kier alpha value is -2.92. The van der Waals surface area contributed by atoms with Crippen LogP contribution in [0.5, 0.6) is 5.75 Å². The van der Waals surface area contributed by atoms with Gasteiger partial charge in [-0.25, -0.2) is 4.98 Å². The first-order valence-electron chi connectivity index (χ1n) is 8.93. The van der Waals surface area contributed by atoms with Crippen molar-refractivity contribution in [3.63, 3.8) is 0 Å². The third kappa shape index (κ3) is 3.26. The molecule has 4 aromatic rings. The maximum absolute atomic E-state index is 13.3. The van der Waals surface area contributed by atoms with Crippen molar-refractivity contribution < 1.29 is 4.74 Å². The Bertz CT molecular complexity index is 1150. The summed E-state index contributed by atoms with van der Waals surface area (Å²) in [7, 11) is 0. The Morgan fingerprint density at radius 3 is 2.59 bits per heavy atom. The van der Waals surface area contributed by atoms with Gasteiger partial charge in [-0.1, -0.05) is 48.5 Å². The van der Waals surface area contributed by atoms with E-state index >= 15 is 0 Å². The van der Waals surface area contributed by atoms with Crippen LogP contribution in [0.4, 0.5) is 0 Å². The summed E-state index contributed by atoms with van der Waals surface area (Å²) in [6.07, 6.45) is 1.64. The molecule has 0 bridgehead atoms. The van der Waals surface area contributed by atoms with Gasteiger partial charge in [-0.05, 0) is 25.5 Å². The number of hydrogen-bond donors (Lipinski definition) is 0. The van der Waals surface area contributed by atoms with Gasteiger partial charge in [0.2, 0.25) is 0 Å². The number of ether oxygens (including phenoxy) is 1. The highest BCUT2D eigenvalue weighted by Crippen LogP contribution is 2.35. The lowest BCUT2D eigenvalue weighted by Gasteiger charge is -2.11. The molecule has 0 N–H and O–H groups in total. The van der Waals surface area contributed by atoms with E-state index in [4.69, 9.17) is 4.74 Å². The molecule has 0 atom stereocenters. The van der Waals surface area contributed by atoms with E-state index in [1.807, 2.05) is 68.4 Å². The van der Waals surface area contributed by atoms with Gasteiger partial charge in [0.1, 0.15) is 10.6 Å². The molecule has 0 fully saturated rings. The fourth-order valence-electron chi connectivity index (χ4n) is 3.32. The third-order valence-corrected chi connectivity index (χ3v) is 5.54. The Morgan fingerprint density at radius 2 is 1.81 bits per heavy atom. The maximum Gasteiger partial charge on any atom is 0.263 e. The Kier molecular flexibility index (Phi) is 4.77. The van der Waals surface area contributed by atoms with Crippen molar-refractivity contribution in [3.8, 4) is 16.9 Å². The van der Waals surface area contributed by atoms with E-state index < -0.39 is 0 Å². The minimum absolute atomic E-state index is 0.0190. The minimum Gasteiger partial charge on any atom is -0.494 e. The van der Waals surface area contributed by atoms with Crippen LogP contribution < -0.4 is 10.3 Å². The van der Waals surface area contributed by atoms with Crippen molar-refractivity contribution in [2.45, 2.75) is 20.4 Å². The lowest BCUT2D eigenvalue weighted by molar-refractivity contribution is 0.335. The van der Waals surface area contributed by atoms with Crippen LogP contribution in [0.1, 0.15) is 17.4 Å². The number of aryl methyl sites for hydroxylation is 1. The van der Waals surface area contributed by atoms with E-state index in [2.05, 4.69) is 4.98 Å². The number of para-hydroxylation sites is 1. The summed E-state index contributed by atoms with van der Waals surface area (Å²) < 4.78 is 7.37. The number of nitrogens with zero attached hydrogens (tertiary/aromatic N) is 2. The Balaban J connectivity index is 1.85. The second-order valence-corrected chi connectivity index (χ2v) is 7.50. The van der Waals surface area contributed by atoms with Crippen molar-refractivity contribution in [1.82, 2.24) is 9.55 Å². The van der Waals surface area contributed by atoms with Crippen molar-refractivity contribution >= 4 is 21.6 Å². The average molecular weight is 376 g/mol. The number of fused-ring (bicyclic) bond motifs is 1. The summed E-state index contributed by atoms with van der Waals surface area (Å²) >= 11 is 1.56. The van der Waals surface area contributed by atoms with E-state index in [-0.39, 0.29) is 5.56 Å². The topological polar surface area (TPSA) is 44.1 Å². The van der Waals surface area contributed by atoms with Crippen LogP contribution in [0.2, 0.25) is 0 Å². The predicted molar refractivity (Wildman–Crippen MR) is 111 cm³/mol. The molecule has 0 radical (unpaired) electrons. The fraction of sp³-hybridized carbons (Fsp3) is 0.182. The molecule has 27 heavy (non-hydrogen) atoms. The summed E-state index contributed by atoms with van der Waals surface area (Å²) in [5.74, 6) is 0.803. The van der Waals surface area contributed by atoms with Crippen LogP contribution in [0, 0.1) is 6.92 Å². The van der Waals surface area contributed by atoms with Crippen LogP contribution in [0.25, 0.3) is 21.3 Å². The van der Waals surface area contributed by atoms with Gasteiger partial charge in [0.25, 0.3) is 5.56 Å². The zero-order chi connectivity index (χ0) is 18.8. The highest BCUT2D eigenvalue weighted by atomic mass is 32.1. The quantitative estimate of drug-likeness (QED) is 0.499. The summed E-state index contributed by atoms with van der Waals surface area (Å²) in [5.41, 5.74) is 2.98. The zero-order valence-electron chi connectivity index (χ0n) is 15.3. The van der Waals surface area contributed by atoms with E-state index in [0.717, 1.165) is 32.1 Å². The molecule has 0 saturated carbocycles. The van der Waals surface area contributed by atoms with Crippen LogP contribution >= 0.6 is 11.3 Å². The molecular formula is C22H20N2O2S. The maximum atomic E-state index is 13.3. The molecule has 2 aromatic heterocycles.